The zero-order chi connectivity index (χ0) is 17.4. The molecule has 5 nitrogen and oxygen atoms in total. The minimum atomic E-state index is -0.252. The Hall–Kier alpha value is -1.34. The summed E-state index contributed by atoms with van der Waals surface area (Å²) in [5.41, 5.74) is 0. The van der Waals surface area contributed by atoms with Gasteiger partial charge in [-0.3, -0.25) is 4.79 Å². The third-order valence-corrected chi connectivity index (χ3v) is 7.38. The maximum absolute atomic E-state index is 12.5. The largest absolute Gasteiger partial charge is 0.410 e. The molecule has 134 valence electrons. The van der Waals surface area contributed by atoms with Crippen LogP contribution in [0.2, 0.25) is 0 Å². The summed E-state index contributed by atoms with van der Waals surface area (Å²) in [6, 6.07) is 4.14. The van der Waals surface area contributed by atoms with Gasteiger partial charge in [-0.25, -0.2) is 0 Å². The van der Waals surface area contributed by atoms with Crippen molar-refractivity contribution < 1.29 is 9.21 Å². The molecule has 2 aliphatic rings. The van der Waals surface area contributed by atoms with Crippen molar-refractivity contribution in [3.05, 3.63) is 17.5 Å². The Kier molecular flexibility index (Phi) is 4.86. The second-order valence-electron chi connectivity index (χ2n) is 7.25. The van der Waals surface area contributed by atoms with Crippen LogP contribution in [0.3, 0.4) is 0 Å². The summed E-state index contributed by atoms with van der Waals surface area (Å²) in [5.74, 6) is 2.92. The molecular weight excluding hydrogens is 354 g/mol. The van der Waals surface area contributed by atoms with E-state index in [1.165, 1.54) is 37.4 Å². The second kappa shape index (κ2) is 7.11. The molecule has 5 atom stereocenters. The molecule has 7 heteroatoms. The van der Waals surface area contributed by atoms with Crippen molar-refractivity contribution in [1.29, 1.82) is 0 Å². The maximum atomic E-state index is 12.5. The topological polar surface area (TPSA) is 68.0 Å². The zero-order valence-corrected chi connectivity index (χ0v) is 16.1. The number of thioether (sulfide) groups is 1. The summed E-state index contributed by atoms with van der Waals surface area (Å²) >= 11 is 2.88. The van der Waals surface area contributed by atoms with Gasteiger partial charge in [0, 0.05) is 6.04 Å². The number of nitrogens with zero attached hydrogens (tertiary/aromatic N) is 2. The third kappa shape index (κ3) is 3.62. The third-order valence-electron chi connectivity index (χ3n) is 5.59. The minimum Gasteiger partial charge on any atom is -0.410 e. The fraction of sp³-hybridized carbons (Fsp3) is 0.611. The van der Waals surface area contributed by atoms with Crippen molar-refractivity contribution in [2.45, 2.75) is 56.0 Å². The van der Waals surface area contributed by atoms with Crippen LogP contribution >= 0.6 is 23.1 Å². The average Bonchev–Trinajstić information content (AvgIpc) is 3.36. The Balaban J connectivity index is 1.31. The molecular formula is C18H23N3O2S2. The summed E-state index contributed by atoms with van der Waals surface area (Å²) in [5, 5.41) is 13.5. The van der Waals surface area contributed by atoms with Gasteiger partial charge in [-0.1, -0.05) is 24.2 Å². The van der Waals surface area contributed by atoms with Gasteiger partial charge in [0.25, 0.3) is 11.1 Å². The smallest absolute Gasteiger partial charge is 0.277 e. The molecule has 2 aromatic heterocycles. The predicted octanol–water partition coefficient (Wildman–Crippen LogP) is 4.22. The quantitative estimate of drug-likeness (QED) is 0.764. The van der Waals surface area contributed by atoms with E-state index in [2.05, 4.69) is 22.4 Å². The summed E-state index contributed by atoms with van der Waals surface area (Å²) in [4.78, 5) is 13.5. The van der Waals surface area contributed by atoms with Gasteiger partial charge in [0.1, 0.15) is 0 Å². The number of aromatic nitrogens is 2. The molecule has 0 spiro atoms. The molecule has 25 heavy (non-hydrogen) atoms. The van der Waals surface area contributed by atoms with Crippen LogP contribution in [0, 0.1) is 17.8 Å². The van der Waals surface area contributed by atoms with Gasteiger partial charge < -0.3 is 9.73 Å². The van der Waals surface area contributed by atoms with Gasteiger partial charge in [-0.15, -0.1) is 21.5 Å². The van der Waals surface area contributed by atoms with Gasteiger partial charge in [-0.05, 0) is 62.3 Å². The van der Waals surface area contributed by atoms with Gasteiger partial charge >= 0.3 is 0 Å². The van der Waals surface area contributed by atoms with Crippen LogP contribution in [-0.2, 0) is 4.79 Å². The van der Waals surface area contributed by atoms with Crippen molar-refractivity contribution in [2.75, 3.05) is 0 Å². The molecule has 1 N–H and O–H groups in total. The summed E-state index contributed by atoms with van der Waals surface area (Å²) < 4.78 is 5.67. The Morgan fingerprint density at radius 3 is 2.92 bits per heavy atom. The molecule has 2 heterocycles. The lowest BCUT2D eigenvalue weighted by Crippen LogP contribution is -2.43. The fourth-order valence-electron chi connectivity index (χ4n) is 4.32. The molecule has 1 amide bonds. The summed E-state index contributed by atoms with van der Waals surface area (Å²) in [6.45, 7) is 4.05. The highest BCUT2D eigenvalue weighted by molar-refractivity contribution is 8.00. The van der Waals surface area contributed by atoms with E-state index in [9.17, 15) is 4.79 Å². The molecule has 2 aliphatic carbocycles. The zero-order valence-electron chi connectivity index (χ0n) is 14.5. The number of fused-ring (bicyclic) bond motifs is 2. The SMILES string of the molecule is CC(Sc1nnc(-c2cccs2)o1)C(=O)NC(C)C1CC2CCC1C2. The van der Waals surface area contributed by atoms with E-state index >= 15 is 0 Å². The Labute approximate surface area is 156 Å². The highest BCUT2D eigenvalue weighted by Gasteiger charge is 2.42. The normalized spacial score (nSPS) is 27.4. The Morgan fingerprint density at radius 1 is 1.36 bits per heavy atom. The summed E-state index contributed by atoms with van der Waals surface area (Å²) in [7, 11) is 0. The molecule has 5 unspecified atom stereocenters. The van der Waals surface area contributed by atoms with Crippen molar-refractivity contribution in [2.24, 2.45) is 17.8 Å². The highest BCUT2D eigenvalue weighted by Crippen LogP contribution is 2.49. The number of nitrogens with one attached hydrogen (secondary N) is 1. The van der Waals surface area contributed by atoms with Crippen LogP contribution in [0.4, 0.5) is 0 Å². The molecule has 2 fully saturated rings. The van der Waals surface area contributed by atoms with Crippen LogP contribution in [-0.4, -0.2) is 27.4 Å². The van der Waals surface area contributed by atoms with E-state index in [1.807, 2.05) is 24.4 Å². The van der Waals surface area contributed by atoms with Gasteiger partial charge in [0.2, 0.25) is 5.91 Å². The van der Waals surface area contributed by atoms with E-state index in [0.29, 0.717) is 17.0 Å². The molecule has 0 radical (unpaired) electrons. The monoisotopic (exact) mass is 377 g/mol. The average molecular weight is 378 g/mol. The Bertz CT molecular complexity index is 731. The van der Waals surface area contributed by atoms with Crippen molar-refractivity contribution in [1.82, 2.24) is 15.5 Å². The van der Waals surface area contributed by atoms with Crippen LogP contribution in [0.25, 0.3) is 10.8 Å². The number of hydrogen-bond donors (Lipinski definition) is 1. The molecule has 2 aromatic rings. The lowest BCUT2D eigenvalue weighted by Gasteiger charge is -2.29. The van der Waals surface area contributed by atoms with Crippen LogP contribution in [0.1, 0.15) is 39.5 Å². The molecule has 0 aliphatic heterocycles. The lowest BCUT2D eigenvalue weighted by atomic mass is 9.84. The number of carbonyl (C=O) groups is 1. The van der Waals surface area contributed by atoms with Gasteiger partial charge in [-0.2, -0.15) is 0 Å². The molecule has 0 saturated heterocycles. The van der Waals surface area contributed by atoms with Gasteiger partial charge in [0.15, 0.2) is 0 Å². The van der Waals surface area contributed by atoms with E-state index in [1.54, 1.807) is 11.3 Å². The number of amides is 1. The fourth-order valence-corrected chi connectivity index (χ4v) is 5.65. The van der Waals surface area contributed by atoms with E-state index < -0.39 is 0 Å². The lowest BCUT2D eigenvalue weighted by molar-refractivity contribution is -0.121. The van der Waals surface area contributed by atoms with Crippen LogP contribution in [0.5, 0.6) is 0 Å². The first-order chi connectivity index (χ1) is 12.1. The first kappa shape index (κ1) is 17.1. The first-order valence-electron chi connectivity index (χ1n) is 8.94. The number of carbonyl (C=O) groups excluding carboxylic acids is 1. The van der Waals surface area contributed by atoms with Crippen molar-refractivity contribution in [3.63, 3.8) is 0 Å². The van der Waals surface area contributed by atoms with Gasteiger partial charge in [0.05, 0.1) is 10.1 Å². The first-order valence-corrected chi connectivity index (χ1v) is 10.7. The minimum absolute atomic E-state index is 0.0520. The molecule has 4 rings (SSSR count). The number of thiophene rings is 1. The van der Waals surface area contributed by atoms with Crippen LogP contribution in [0.15, 0.2) is 27.2 Å². The van der Waals surface area contributed by atoms with Crippen LogP contribution < -0.4 is 5.32 Å². The second-order valence-corrected chi connectivity index (χ2v) is 9.49. The standard InChI is InChI=1S/C18H23N3O2S2/c1-10(14-9-12-5-6-13(14)8-12)19-16(22)11(2)25-18-21-20-17(23-18)15-4-3-7-24-15/h3-4,7,10-14H,5-6,8-9H2,1-2H3,(H,19,22). The predicted molar refractivity (Wildman–Crippen MR) is 99.5 cm³/mol. The summed E-state index contributed by atoms with van der Waals surface area (Å²) in [6.07, 6.45) is 5.37. The Morgan fingerprint density at radius 2 is 2.24 bits per heavy atom. The maximum Gasteiger partial charge on any atom is 0.277 e. The number of rotatable bonds is 6. The van der Waals surface area contributed by atoms with E-state index in [4.69, 9.17) is 4.42 Å². The molecule has 0 aromatic carbocycles. The van der Waals surface area contributed by atoms with Crippen molar-refractivity contribution >= 4 is 29.0 Å². The van der Waals surface area contributed by atoms with E-state index in [0.717, 1.165) is 16.7 Å². The molecule has 2 saturated carbocycles. The highest BCUT2D eigenvalue weighted by atomic mass is 32.2. The molecule has 2 bridgehead atoms. The van der Waals surface area contributed by atoms with E-state index in [-0.39, 0.29) is 17.2 Å². The number of hydrogen-bond acceptors (Lipinski definition) is 6. The van der Waals surface area contributed by atoms with Crippen molar-refractivity contribution in [3.8, 4) is 10.8 Å².